The van der Waals surface area contributed by atoms with Gasteiger partial charge in [-0.2, -0.15) is 0 Å². The van der Waals surface area contributed by atoms with Crippen LogP contribution in [0, 0.1) is 0 Å². The zero-order valence-electron chi connectivity index (χ0n) is 11.6. The van der Waals surface area contributed by atoms with Crippen LogP contribution in [0.3, 0.4) is 0 Å². The summed E-state index contributed by atoms with van der Waals surface area (Å²) in [6.45, 7) is 0. The second kappa shape index (κ2) is 5.33. The van der Waals surface area contributed by atoms with E-state index in [1.807, 2.05) is 0 Å². The van der Waals surface area contributed by atoms with Crippen LogP contribution >= 0.6 is 0 Å². The molecule has 0 amide bonds. The highest BCUT2D eigenvalue weighted by Crippen LogP contribution is 2.23. The number of aromatic nitrogens is 1. The Hall–Kier alpha value is -3.15. The first-order valence-electron chi connectivity index (χ1n) is 6.41. The van der Waals surface area contributed by atoms with Crippen LogP contribution in [0.2, 0.25) is 0 Å². The number of benzene rings is 1. The molecule has 0 bridgehead atoms. The molecule has 0 radical (unpaired) electrons. The first-order chi connectivity index (χ1) is 10.6. The van der Waals surface area contributed by atoms with E-state index >= 15 is 0 Å². The van der Waals surface area contributed by atoms with Crippen LogP contribution in [-0.2, 0) is 4.74 Å². The average molecular weight is 297 g/mol. The smallest absolute Gasteiger partial charge is 0.374 e. The van der Waals surface area contributed by atoms with E-state index in [-0.39, 0.29) is 34.1 Å². The lowest BCUT2D eigenvalue weighted by Gasteiger charge is -2.02. The van der Waals surface area contributed by atoms with Gasteiger partial charge in [0.25, 0.3) is 0 Å². The Morgan fingerprint density at radius 3 is 2.73 bits per heavy atom. The molecule has 0 atom stereocenters. The molecule has 0 unspecified atom stereocenters. The number of fused-ring (bicyclic) bond motifs is 1. The fourth-order valence-electron chi connectivity index (χ4n) is 2.08. The summed E-state index contributed by atoms with van der Waals surface area (Å²) >= 11 is 0. The van der Waals surface area contributed by atoms with Gasteiger partial charge < -0.3 is 14.3 Å². The fraction of sp³-hybridized carbons (Fsp3) is 0.0625. The Bertz CT molecular complexity index is 881. The number of hydrogen-bond donors (Lipinski definition) is 1. The van der Waals surface area contributed by atoms with Gasteiger partial charge in [0.1, 0.15) is 5.75 Å². The lowest BCUT2D eigenvalue weighted by atomic mass is 10.0. The van der Waals surface area contributed by atoms with Gasteiger partial charge in [0.15, 0.2) is 5.78 Å². The molecule has 1 N–H and O–H groups in total. The molecule has 0 spiro atoms. The summed E-state index contributed by atoms with van der Waals surface area (Å²) in [6.07, 6.45) is 1.33. The molecule has 110 valence electrons. The zero-order valence-corrected chi connectivity index (χ0v) is 11.6. The molecule has 2 aromatic heterocycles. The second-order valence-electron chi connectivity index (χ2n) is 4.57. The van der Waals surface area contributed by atoms with Crippen LogP contribution in [0.25, 0.3) is 11.1 Å². The first kappa shape index (κ1) is 13.8. The van der Waals surface area contributed by atoms with Gasteiger partial charge in [-0.3, -0.25) is 4.79 Å². The molecule has 6 nitrogen and oxygen atoms in total. The summed E-state index contributed by atoms with van der Waals surface area (Å²) in [5.74, 6) is -1.08. The Balaban J connectivity index is 2.03. The van der Waals surface area contributed by atoms with Gasteiger partial charge in [-0.25, -0.2) is 9.78 Å². The van der Waals surface area contributed by atoms with E-state index in [9.17, 15) is 14.7 Å². The molecule has 0 aliphatic rings. The van der Waals surface area contributed by atoms with Gasteiger partial charge in [0, 0.05) is 23.2 Å². The Morgan fingerprint density at radius 1 is 1.23 bits per heavy atom. The first-order valence-corrected chi connectivity index (χ1v) is 6.41. The molecule has 2 heterocycles. The molecular weight excluding hydrogens is 286 g/mol. The number of ketones is 1. The van der Waals surface area contributed by atoms with Crippen molar-refractivity contribution in [3.63, 3.8) is 0 Å². The van der Waals surface area contributed by atoms with Gasteiger partial charge in [-0.1, -0.05) is 12.1 Å². The van der Waals surface area contributed by atoms with Gasteiger partial charge in [0.05, 0.1) is 12.7 Å². The van der Waals surface area contributed by atoms with Crippen molar-refractivity contribution in [3.05, 3.63) is 59.5 Å². The minimum absolute atomic E-state index is 0.0113. The van der Waals surface area contributed by atoms with Gasteiger partial charge >= 0.3 is 5.97 Å². The quantitative estimate of drug-likeness (QED) is 0.590. The van der Waals surface area contributed by atoms with Crippen molar-refractivity contribution in [1.82, 2.24) is 4.98 Å². The van der Waals surface area contributed by atoms with Crippen LogP contribution in [0.5, 0.6) is 5.75 Å². The molecular formula is C16H11NO5. The maximum Gasteiger partial charge on any atom is 0.374 e. The lowest BCUT2D eigenvalue weighted by molar-refractivity contribution is 0.0567. The van der Waals surface area contributed by atoms with Crippen molar-refractivity contribution in [2.75, 3.05) is 7.11 Å². The number of hydrogen-bond acceptors (Lipinski definition) is 6. The van der Waals surface area contributed by atoms with E-state index in [4.69, 9.17) is 4.42 Å². The fourth-order valence-corrected chi connectivity index (χ4v) is 2.08. The molecule has 0 fully saturated rings. The maximum atomic E-state index is 12.4. The predicted molar refractivity (Wildman–Crippen MR) is 76.9 cm³/mol. The number of phenols is 1. The highest BCUT2D eigenvalue weighted by atomic mass is 16.5. The predicted octanol–water partition coefficient (Wildman–Crippen LogP) is 2.55. The summed E-state index contributed by atoms with van der Waals surface area (Å²) in [4.78, 5) is 27.8. The van der Waals surface area contributed by atoms with Crippen LogP contribution in [0.1, 0.15) is 26.5 Å². The van der Waals surface area contributed by atoms with E-state index in [0.29, 0.717) is 5.39 Å². The van der Waals surface area contributed by atoms with Gasteiger partial charge in [-0.05, 0) is 18.2 Å². The summed E-state index contributed by atoms with van der Waals surface area (Å²) in [5.41, 5.74) is 0.695. The molecule has 0 saturated carbocycles. The number of carbonyl (C=O) groups excluding carboxylic acids is 2. The van der Waals surface area contributed by atoms with E-state index in [1.54, 1.807) is 18.2 Å². The number of para-hydroxylation sites is 1. The number of aromatic hydroxyl groups is 1. The molecule has 3 rings (SSSR count). The Labute approximate surface area is 125 Å². The summed E-state index contributed by atoms with van der Waals surface area (Å²) in [5, 5.41) is 10.2. The standard InChI is InChI=1S/C16H11NO5/c1-21-16(20)13-7-9-6-10(8-17-15(9)22-13)14(19)11-4-2-3-5-12(11)18/h2-8,18H,1H3. The largest absolute Gasteiger partial charge is 0.507 e. The summed E-state index contributed by atoms with van der Waals surface area (Å²) in [6, 6.07) is 9.25. The molecule has 1 aromatic carbocycles. The van der Waals surface area contributed by atoms with Crippen molar-refractivity contribution in [2.45, 2.75) is 0 Å². The number of furan rings is 1. The van der Waals surface area contributed by atoms with Crippen LogP contribution in [0.4, 0.5) is 0 Å². The van der Waals surface area contributed by atoms with Gasteiger partial charge in [-0.15, -0.1) is 0 Å². The molecule has 3 aromatic rings. The lowest BCUT2D eigenvalue weighted by Crippen LogP contribution is -2.01. The molecule has 0 aliphatic heterocycles. The topological polar surface area (TPSA) is 89.6 Å². The third kappa shape index (κ3) is 2.31. The molecule has 22 heavy (non-hydrogen) atoms. The SMILES string of the molecule is COC(=O)c1cc2cc(C(=O)c3ccccc3O)cnc2o1. The zero-order chi connectivity index (χ0) is 15.7. The molecule has 0 aliphatic carbocycles. The van der Waals surface area contributed by atoms with Crippen LogP contribution in [-0.4, -0.2) is 29.0 Å². The van der Waals surface area contributed by atoms with E-state index in [0.717, 1.165) is 0 Å². The minimum Gasteiger partial charge on any atom is -0.507 e. The van der Waals surface area contributed by atoms with Crippen molar-refractivity contribution in [3.8, 4) is 5.75 Å². The second-order valence-corrected chi connectivity index (χ2v) is 4.57. The number of pyridine rings is 1. The highest BCUT2D eigenvalue weighted by Gasteiger charge is 2.17. The number of nitrogens with zero attached hydrogens (tertiary/aromatic N) is 1. The number of esters is 1. The van der Waals surface area contributed by atoms with E-state index in [1.165, 1.54) is 31.5 Å². The van der Waals surface area contributed by atoms with E-state index in [2.05, 4.69) is 9.72 Å². The number of carbonyl (C=O) groups is 2. The van der Waals surface area contributed by atoms with Crippen molar-refractivity contribution in [2.24, 2.45) is 0 Å². The average Bonchev–Trinajstić information content (AvgIpc) is 2.97. The Kier molecular flexibility index (Phi) is 3.34. The third-order valence-corrected chi connectivity index (χ3v) is 3.17. The van der Waals surface area contributed by atoms with Crippen molar-refractivity contribution >= 4 is 22.9 Å². The highest BCUT2D eigenvalue weighted by molar-refractivity contribution is 6.11. The normalized spacial score (nSPS) is 10.6. The van der Waals surface area contributed by atoms with Crippen molar-refractivity contribution < 1.29 is 23.8 Å². The van der Waals surface area contributed by atoms with Gasteiger partial charge in [0.2, 0.25) is 11.5 Å². The minimum atomic E-state index is -0.619. The monoisotopic (exact) mass is 297 g/mol. The summed E-state index contributed by atoms with van der Waals surface area (Å²) in [7, 11) is 1.25. The Morgan fingerprint density at radius 2 is 2.00 bits per heavy atom. The third-order valence-electron chi connectivity index (χ3n) is 3.17. The maximum absolute atomic E-state index is 12.4. The number of methoxy groups -OCH3 is 1. The molecule has 0 saturated heterocycles. The number of rotatable bonds is 3. The number of phenolic OH excluding ortho intramolecular Hbond substituents is 1. The van der Waals surface area contributed by atoms with Crippen molar-refractivity contribution in [1.29, 1.82) is 0 Å². The van der Waals surface area contributed by atoms with Crippen LogP contribution in [0.15, 0.2) is 47.0 Å². The summed E-state index contributed by atoms with van der Waals surface area (Å²) < 4.78 is 9.81. The molecule has 6 heteroatoms. The van der Waals surface area contributed by atoms with Crippen LogP contribution < -0.4 is 0 Å². The number of ether oxygens (including phenoxy) is 1. The van der Waals surface area contributed by atoms with E-state index < -0.39 is 5.97 Å².